The minimum absolute atomic E-state index is 0.238. The van der Waals surface area contributed by atoms with Gasteiger partial charge in [-0.2, -0.15) is 0 Å². The lowest BCUT2D eigenvalue weighted by Crippen LogP contribution is -2.65. The van der Waals surface area contributed by atoms with Crippen LogP contribution in [0.2, 0.25) is 5.02 Å². The van der Waals surface area contributed by atoms with Crippen molar-refractivity contribution >= 4 is 23.3 Å². The van der Waals surface area contributed by atoms with Gasteiger partial charge < -0.3 is 10.4 Å². The van der Waals surface area contributed by atoms with E-state index < -0.39 is 11.5 Å². The highest BCUT2D eigenvalue weighted by atomic mass is 35.5. The van der Waals surface area contributed by atoms with E-state index in [0.717, 1.165) is 43.2 Å². The van der Waals surface area contributed by atoms with Crippen molar-refractivity contribution in [3.63, 3.8) is 0 Å². The Balaban J connectivity index is 1.74. The summed E-state index contributed by atoms with van der Waals surface area (Å²) in [6, 6.07) is 7.48. The van der Waals surface area contributed by atoms with Crippen LogP contribution in [0.15, 0.2) is 24.3 Å². The summed E-state index contributed by atoms with van der Waals surface area (Å²) < 4.78 is 0. The Hall–Kier alpha value is -1.22. The number of hydrogen-bond donors (Lipinski definition) is 2. The third kappa shape index (κ3) is 1.90. The summed E-state index contributed by atoms with van der Waals surface area (Å²) in [5.41, 5.74) is -0.0626. The molecule has 0 spiro atoms. The first-order valence-electron chi connectivity index (χ1n) is 7.85. The van der Waals surface area contributed by atoms with Gasteiger partial charge in [-0.25, -0.2) is 4.79 Å². The number of carboxylic acids is 1. The second-order valence-corrected chi connectivity index (χ2v) is 7.49. The molecule has 0 heterocycles. The molecule has 4 heteroatoms. The first kappa shape index (κ1) is 13.4. The summed E-state index contributed by atoms with van der Waals surface area (Å²) in [5.74, 6) is 1.27. The smallest absolute Gasteiger partial charge is 0.329 e. The van der Waals surface area contributed by atoms with E-state index in [9.17, 15) is 9.90 Å². The number of rotatable bonds is 3. The quantitative estimate of drug-likeness (QED) is 0.886. The van der Waals surface area contributed by atoms with E-state index in [4.69, 9.17) is 11.6 Å². The van der Waals surface area contributed by atoms with Gasteiger partial charge in [-0.1, -0.05) is 23.7 Å². The van der Waals surface area contributed by atoms with Gasteiger partial charge in [-0.15, -0.1) is 0 Å². The van der Waals surface area contributed by atoms with Crippen LogP contribution in [-0.2, 0) is 4.79 Å². The van der Waals surface area contributed by atoms with Crippen molar-refractivity contribution in [2.45, 2.75) is 37.6 Å². The lowest BCUT2D eigenvalue weighted by atomic mass is 9.48. The van der Waals surface area contributed by atoms with Crippen LogP contribution in [0.1, 0.15) is 32.1 Å². The van der Waals surface area contributed by atoms with E-state index in [-0.39, 0.29) is 11.8 Å². The molecule has 4 fully saturated rings. The van der Waals surface area contributed by atoms with Crippen molar-refractivity contribution < 1.29 is 9.90 Å². The molecule has 0 radical (unpaired) electrons. The number of hydrogen-bond acceptors (Lipinski definition) is 2. The Morgan fingerprint density at radius 2 is 1.67 bits per heavy atom. The molecule has 0 aliphatic heterocycles. The molecule has 3 nitrogen and oxygen atoms in total. The van der Waals surface area contributed by atoms with Crippen molar-refractivity contribution in [1.82, 2.24) is 0 Å². The summed E-state index contributed by atoms with van der Waals surface area (Å²) in [6.45, 7) is 0. The maximum absolute atomic E-state index is 12.2. The maximum Gasteiger partial charge on any atom is 0.329 e. The molecule has 4 bridgehead atoms. The van der Waals surface area contributed by atoms with Crippen LogP contribution in [0.3, 0.4) is 0 Å². The number of aliphatic carboxylic acids is 1. The van der Waals surface area contributed by atoms with E-state index in [2.05, 4.69) is 5.32 Å². The summed E-state index contributed by atoms with van der Waals surface area (Å²) in [7, 11) is 0. The zero-order chi connectivity index (χ0) is 14.6. The number of carboxylic acid groups (broad SMARTS) is 1. The molecule has 21 heavy (non-hydrogen) atoms. The molecule has 0 aromatic heterocycles. The van der Waals surface area contributed by atoms with Crippen LogP contribution < -0.4 is 5.32 Å². The minimum atomic E-state index is -0.821. The zero-order valence-corrected chi connectivity index (χ0v) is 12.6. The molecule has 4 aliphatic rings. The third-order valence-electron chi connectivity index (χ3n) is 6.00. The fraction of sp³-hybridized carbons (Fsp3) is 0.588. The van der Waals surface area contributed by atoms with Crippen LogP contribution in [0.5, 0.6) is 0 Å². The molecule has 0 atom stereocenters. The zero-order valence-electron chi connectivity index (χ0n) is 11.9. The van der Waals surface area contributed by atoms with Crippen LogP contribution >= 0.6 is 11.6 Å². The molecule has 5 rings (SSSR count). The fourth-order valence-corrected chi connectivity index (χ4v) is 5.50. The van der Waals surface area contributed by atoms with Crippen molar-refractivity contribution in [2.75, 3.05) is 5.32 Å². The predicted octanol–water partition coefficient (Wildman–Crippen LogP) is 4.03. The second kappa shape index (κ2) is 4.64. The highest BCUT2D eigenvalue weighted by Crippen LogP contribution is 2.59. The van der Waals surface area contributed by atoms with Crippen molar-refractivity contribution in [3.05, 3.63) is 29.3 Å². The van der Waals surface area contributed by atoms with Crippen molar-refractivity contribution in [1.29, 1.82) is 0 Å². The van der Waals surface area contributed by atoms with E-state index in [1.807, 2.05) is 24.3 Å². The Morgan fingerprint density at radius 3 is 2.19 bits per heavy atom. The minimum Gasteiger partial charge on any atom is -0.479 e. The topological polar surface area (TPSA) is 49.3 Å². The van der Waals surface area contributed by atoms with Gasteiger partial charge in [0.25, 0.3) is 0 Å². The highest BCUT2D eigenvalue weighted by molar-refractivity contribution is 6.33. The molecular weight excluding hydrogens is 286 g/mol. The standard InChI is InChI=1S/C17H20ClNO2/c18-14-3-1-2-4-15(14)19-17(16(20)21)12-6-10-5-11(8-12)9-13(17)7-10/h1-4,10-13,19H,5-9H2,(H,20,21). The lowest BCUT2D eigenvalue weighted by molar-refractivity contribution is -0.157. The molecule has 4 aliphatic carbocycles. The van der Waals surface area contributed by atoms with Crippen molar-refractivity contribution in [3.8, 4) is 0 Å². The number of benzene rings is 1. The Morgan fingerprint density at radius 1 is 1.10 bits per heavy atom. The van der Waals surface area contributed by atoms with Gasteiger partial charge in [0.2, 0.25) is 0 Å². The van der Waals surface area contributed by atoms with Gasteiger partial charge in [0.15, 0.2) is 0 Å². The summed E-state index contributed by atoms with van der Waals surface area (Å²) in [5, 5.41) is 14.0. The predicted molar refractivity (Wildman–Crippen MR) is 82.5 cm³/mol. The molecule has 1 aromatic carbocycles. The number of anilines is 1. The van der Waals surface area contributed by atoms with Gasteiger partial charge >= 0.3 is 5.97 Å². The number of nitrogens with one attached hydrogen (secondary N) is 1. The summed E-state index contributed by atoms with van der Waals surface area (Å²) in [6.07, 6.45) is 5.52. The molecule has 0 unspecified atom stereocenters. The lowest BCUT2D eigenvalue weighted by Gasteiger charge is -2.59. The normalized spacial score (nSPS) is 40.2. The van der Waals surface area contributed by atoms with Crippen molar-refractivity contribution in [2.24, 2.45) is 23.7 Å². The largest absolute Gasteiger partial charge is 0.479 e. The Kier molecular flexibility index (Phi) is 2.97. The van der Waals surface area contributed by atoms with Gasteiger partial charge in [0, 0.05) is 0 Å². The molecule has 2 N–H and O–H groups in total. The second-order valence-electron chi connectivity index (χ2n) is 7.08. The molecule has 1 aromatic rings. The van der Waals surface area contributed by atoms with E-state index >= 15 is 0 Å². The van der Waals surface area contributed by atoms with Gasteiger partial charge in [0.05, 0.1) is 10.7 Å². The summed E-state index contributed by atoms with van der Waals surface area (Å²) >= 11 is 6.25. The molecule has 0 saturated heterocycles. The molecule has 0 amide bonds. The first-order valence-corrected chi connectivity index (χ1v) is 8.23. The fourth-order valence-electron chi connectivity index (χ4n) is 5.32. The molecule has 4 saturated carbocycles. The highest BCUT2D eigenvalue weighted by Gasteiger charge is 2.61. The molecule has 112 valence electrons. The number of halogens is 1. The maximum atomic E-state index is 12.2. The average Bonchev–Trinajstić information content (AvgIpc) is 2.44. The van der Waals surface area contributed by atoms with E-state index in [1.165, 1.54) is 6.42 Å². The Labute approximate surface area is 129 Å². The monoisotopic (exact) mass is 305 g/mol. The Bertz CT molecular complexity index is 558. The SMILES string of the molecule is O=C(O)C1(Nc2ccccc2Cl)C2CC3CC(C2)CC1C3. The van der Waals surface area contributed by atoms with Crippen LogP contribution in [0.25, 0.3) is 0 Å². The van der Waals surface area contributed by atoms with E-state index in [1.54, 1.807) is 0 Å². The van der Waals surface area contributed by atoms with Crippen LogP contribution in [0, 0.1) is 23.7 Å². The van der Waals surface area contributed by atoms with Gasteiger partial charge in [-0.05, 0) is 67.9 Å². The number of para-hydroxylation sites is 1. The first-order chi connectivity index (χ1) is 10.1. The average molecular weight is 306 g/mol. The molecular formula is C17H20ClNO2. The van der Waals surface area contributed by atoms with Gasteiger partial charge in [0.1, 0.15) is 5.54 Å². The number of carbonyl (C=O) groups is 1. The third-order valence-corrected chi connectivity index (χ3v) is 6.32. The van der Waals surface area contributed by atoms with Crippen LogP contribution in [-0.4, -0.2) is 16.6 Å². The van der Waals surface area contributed by atoms with Gasteiger partial charge in [-0.3, -0.25) is 0 Å². The summed E-state index contributed by atoms with van der Waals surface area (Å²) in [4.78, 5) is 12.2. The van der Waals surface area contributed by atoms with Crippen LogP contribution in [0.4, 0.5) is 5.69 Å². The van der Waals surface area contributed by atoms with E-state index in [0.29, 0.717) is 5.02 Å².